The number of hydrogen-bond acceptors (Lipinski definition) is 10. The van der Waals surface area contributed by atoms with E-state index in [9.17, 15) is 19.7 Å². The normalized spacial score (nSPS) is 14.4. The number of carbonyl (C=O) groups excluding carboxylic acids is 1. The summed E-state index contributed by atoms with van der Waals surface area (Å²) in [6.45, 7) is 7.51. The Morgan fingerprint density at radius 1 is 1.15 bits per heavy atom. The predicted octanol–water partition coefficient (Wildman–Crippen LogP) is 5.84. The number of nitrogens with zero attached hydrogens (tertiary/aromatic N) is 3. The van der Waals surface area contributed by atoms with Crippen molar-refractivity contribution in [2.24, 2.45) is 4.99 Å². The number of non-ortho nitro benzene ring substituents is 1. The standard InChI is InChI=1S/C34H32BrN3O8S/c1-6-44-33(40)29-20(4)36-34-37(30(29)24-12-7-8-13-26(24)46-19(2)3)32(39)28(47-34)17-22-15-25(35)31(27(16-22)43-5)45-18-21-10-9-11-23(14-21)38(41)42/h7-17,19,30H,6,18H2,1-5H3/b28-17+/t30-/m1/s1. The molecule has 4 aromatic rings. The molecule has 0 saturated heterocycles. The number of esters is 1. The van der Waals surface area contributed by atoms with Crippen molar-refractivity contribution in [1.82, 2.24) is 4.57 Å². The van der Waals surface area contributed by atoms with Crippen LogP contribution in [0.2, 0.25) is 0 Å². The first kappa shape index (κ1) is 33.6. The van der Waals surface area contributed by atoms with Crippen LogP contribution in [0.25, 0.3) is 6.08 Å². The molecule has 0 fully saturated rings. The number of halogens is 1. The van der Waals surface area contributed by atoms with Crippen molar-refractivity contribution in [3.8, 4) is 17.2 Å². The van der Waals surface area contributed by atoms with E-state index in [-0.39, 0.29) is 36.1 Å². The maximum absolute atomic E-state index is 14.2. The number of nitro benzene ring substituents is 1. The summed E-state index contributed by atoms with van der Waals surface area (Å²) in [5, 5.41) is 11.2. The van der Waals surface area contributed by atoms with E-state index in [1.807, 2.05) is 38.1 Å². The second-order valence-corrected chi connectivity index (χ2v) is 12.6. The van der Waals surface area contributed by atoms with E-state index in [4.69, 9.17) is 18.9 Å². The van der Waals surface area contributed by atoms with Crippen LogP contribution in [0.1, 0.15) is 50.4 Å². The first-order valence-electron chi connectivity index (χ1n) is 14.7. The summed E-state index contributed by atoms with van der Waals surface area (Å²) in [5.74, 6) is 0.783. The van der Waals surface area contributed by atoms with Gasteiger partial charge in [0.25, 0.3) is 11.2 Å². The average molecular weight is 723 g/mol. The Hall–Kier alpha value is -4.75. The number of carbonyl (C=O) groups is 1. The van der Waals surface area contributed by atoms with Crippen molar-refractivity contribution in [3.05, 3.63) is 123 Å². The summed E-state index contributed by atoms with van der Waals surface area (Å²) in [7, 11) is 1.50. The van der Waals surface area contributed by atoms with Crippen LogP contribution in [-0.4, -0.2) is 35.3 Å². The van der Waals surface area contributed by atoms with Crippen molar-refractivity contribution < 1.29 is 28.7 Å². The molecular formula is C34H32BrN3O8S. The fourth-order valence-corrected chi connectivity index (χ4v) is 6.80. The van der Waals surface area contributed by atoms with Crippen LogP contribution in [0.15, 0.2) is 86.2 Å². The molecule has 13 heteroatoms. The van der Waals surface area contributed by atoms with Gasteiger partial charge < -0.3 is 18.9 Å². The molecule has 1 atom stereocenters. The van der Waals surface area contributed by atoms with Gasteiger partial charge in [0.1, 0.15) is 18.4 Å². The number of allylic oxidation sites excluding steroid dienone is 1. The Bertz CT molecular complexity index is 2070. The number of benzene rings is 3. The van der Waals surface area contributed by atoms with E-state index in [1.54, 1.807) is 44.2 Å². The molecule has 0 bridgehead atoms. The molecule has 1 aromatic heterocycles. The molecule has 0 radical (unpaired) electrons. The molecule has 5 rings (SSSR count). The third kappa shape index (κ3) is 7.15. The molecule has 0 aliphatic carbocycles. The summed E-state index contributed by atoms with van der Waals surface area (Å²) in [5.41, 5.74) is 2.25. The van der Waals surface area contributed by atoms with E-state index in [2.05, 4.69) is 20.9 Å². The smallest absolute Gasteiger partial charge is 0.338 e. The number of aromatic nitrogens is 1. The first-order chi connectivity index (χ1) is 22.5. The molecule has 0 saturated carbocycles. The number of methoxy groups -OCH3 is 1. The summed E-state index contributed by atoms with van der Waals surface area (Å²) >= 11 is 4.75. The fourth-order valence-electron chi connectivity index (χ4n) is 5.18. The van der Waals surface area contributed by atoms with Gasteiger partial charge in [-0.2, -0.15) is 0 Å². The minimum atomic E-state index is -0.826. The highest BCUT2D eigenvalue weighted by Crippen LogP contribution is 2.38. The molecule has 11 nitrogen and oxygen atoms in total. The molecule has 0 spiro atoms. The summed E-state index contributed by atoms with van der Waals surface area (Å²) in [6.07, 6.45) is 1.58. The van der Waals surface area contributed by atoms with Gasteiger partial charge in [0.15, 0.2) is 16.3 Å². The molecule has 0 unspecified atom stereocenters. The van der Waals surface area contributed by atoms with Crippen molar-refractivity contribution in [1.29, 1.82) is 0 Å². The van der Waals surface area contributed by atoms with Gasteiger partial charge >= 0.3 is 5.97 Å². The second-order valence-electron chi connectivity index (χ2n) is 10.8. The highest BCUT2D eigenvalue weighted by atomic mass is 79.9. The van der Waals surface area contributed by atoms with Crippen LogP contribution in [0, 0.1) is 10.1 Å². The van der Waals surface area contributed by atoms with Gasteiger partial charge in [-0.3, -0.25) is 19.5 Å². The fraction of sp³-hybridized carbons (Fsp3) is 0.265. The zero-order chi connectivity index (χ0) is 33.8. The number of fused-ring (bicyclic) bond motifs is 1. The highest BCUT2D eigenvalue weighted by Gasteiger charge is 2.35. The predicted molar refractivity (Wildman–Crippen MR) is 181 cm³/mol. The van der Waals surface area contributed by atoms with Crippen LogP contribution in [-0.2, 0) is 16.1 Å². The van der Waals surface area contributed by atoms with Gasteiger partial charge in [-0.25, -0.2) is 9.79 Å². The Morgan fingerprint density at radius 2 is 1.91 bits per heavy atom. The molecule has 47 heavy (non-hydrogen) atoms. The summed E-state index contributed by atoms with van der Waals surface area (Å²) in [6, 6.07) is 16.2. The number of thiazole rings is 1. The summed E-state index contributed by atoms with van der Waals surface area (Å²) in [4.78, 5) is 43.3. The maximum atomic E-state index is 14.2. The average Bonchev–Trinajstić information content (AvgIpc) is 3.33. The number of ether oxygens (including phenoxy) is 4. The van der Waals surface area contributed by atoms with Crippen LogP contribution < -0.4 is 29.1 Å². The van der Waals surface area contributed by atoms with Crippen molar-refractivity contribution in [2.45, 2.75) is 46.4 Å². The third-order valence-corrected chi connectivity index (χ3v) is 8.72. The number of hydrogen-bond donors (Lipinski definition) is 0. The maximum Gasteiger partial charge on any atom is 0.338 e. The Labute approximate surface area is 282 Å². The molecule has 1 aliphatic heterocycles. The zero-order valence-corrected chi connectivity index (χ0v) is 28.7. The van der Waals surface area contributed by atoms with Crippen LogP contribution in [0.5, 0.6) is 17.2 Å². The Balaban J connectivity index is 1.58. The lowest BCUT2D eigenvalue weighted by atomic mass is 9.95. The Morgan fingerprint density at radius 3 is 2.62 bits per heavy atom. The Kier molecular flexibility index (Phi) is 10.3. The van der Waals surface area contributed by atoms with Crippen molar-refractivity contribution >= 4 is 45.0 Å². The van der Waals surface area contributed by atoms with Crippen molar-refractivity contribution in [2.75, 3.05) is 13.7 Å². The van der Waals surface area contributed by atoms with Crippen molar-refractivity contribution in [3.63, 3.8) is 0 Å². The molecule has 3 aromatic carbocycles. The lowest BCUT2D eigenvalue weighted by molar-refractivity contribution is -0.384. The van der Waals surface area contributed by atoms with Gasteiger partial charge in [0, 0.05) is 17.7 Å². The molecule has 2 heterocycles. The van der Waals surface area contributed by atoms with E-state index < -0.39 is 16.9 Å². The molecule has 0 N–H and O–H groups in total. The van der Waals surface area contributed by atoms with Crippen LogP contribution >= 0.6 is 27.3 Å². The SMILES string of the molecule is CCOC(=O)C1=C(C)N=c2s/c(=C/c3cc(Br)c(OCc4cccc([N+](=O)[O-])c4)c(OC)c3)c(=O)n2[C@@H]1c1ccccc1OC(C)C. The second kappa shape index (κ2) is 14.3. The van der Waals surface area contributed by atoms with Gasteiger partial charge in [-0.15, -0.1) is 0 Å². The van der Waals surface area contributed by atoms with Gasteiger partial charge in [0.05, 0.1) is 45.0 Å². The topological polar surface area (TPSA) is 131 Å². The molecule has 0 amide bonds. The van der Waals surface area contributed by atoms with Crippen LogP contribution in [0.3, 0.4) is 0 Å². The monoisotopic (exact) mass is 721 g/mol. The highest BCUT2D eigenvalue weighted by molar-refractivity contribution is 9.10. The number of rotatable bonds is 11. The zero-order valence-electron chi connectivity index (χ0n) is 26.3. The molecular weight excluding hydrogens is 690 g/mol. The number of para-hydroxylation sites is 1. The van der Waals surface area contributed by atoms with Crippen LogP contribution in [0.4, 0.5) is 5.69 Å². The largest absolute Gasteiger partial charge is 0.493 e. The number of nitro groups is 1. The minimum absolute atomic E-state index is 0.0308. The van der Waals surface area contributed by atoms with Gasteiger partial charge in [-0.05, 0) is 79.0 Å². The third-order valence-electron chi connectivity index (χ3n) is 7.15. The van der Waals surface area contributed by atoms with E-state index in [1.165, 1.54) is 35.1 Å². The van der Waals surface area contributed by atoms with E-state index in [0.29, 0.717) is 53.4 Å². The summed E-state index contributed by atoms with van der Waals surface area (Å²) < 4.78 is 25.6. The first-order valence-corrected chi connectivity index (χ1v) is 16.3. The van der Waals surface area contributed by atoms with E-state index in [0.717, 1.165) is 0 Å². The van der Waals surface area contributed by atoms with E-state index >= 15 is 0 Å². The van der Waals surface area contributed by atoms with Gasteiger partial charge in [-0.1, -0.05) is 41.7 Å². The minimum Gasteiger partial charge on any atom is -0.493 e. The molecule has 244 valence electrons. The lowest BCUT2D eigenvalue weighted by Crippen LogP contribution is -2.40. The van der Waals surface area contributed by atoms with Gasteiger partial charge in [0.2, 0.25) is 0 Å². The quantitative estimate of drug-likeness (QED) is 0.107. The molecule has 1 aliphatic rings. The lowest BCUT2D eigenvalue weighted by Gasteiger charge is -2.26.